The average molecular weight is 482 g/mol. The zero-order chi connectivity index (χ0) is 24.3. The van der Waals surface area contributed by atoms with Gasteiger partial charge in [0.05, 0.1) is 59.1 Å². The predicted octanol–water partition coefficient (Wildman–Crippen LogP) is 5.02. The van der Waals surface area contributed by atoms with Crippen LogP contribution in [0.3, 0.4) is 0 Å². The minimum Gasteiger partial charge on any atom is -0.374 e. The summed E-state index contributed by atoms with van der Waals surface area (Å²) in [4.78, 5) is 7.26. The quantitative estimate of drug-likeness (QED) is 0.508. The maximum Gasteiger partial charge on any atom is 0.383 e. The Hall–Kier alpha value is -2.91. The van der Waals surface area contributed by atoms with Gasteiger partial charge in [-0.2, -0.15) is 13.9 Å². The number of anilines is 2. The van der Waals surface area contributed by atoms with E-state index in [1.807, 2.05) is 26.8 Å². The van der Waals surface area contributed by atoms with Gasteiger partial charge in [-0.25, -0.2) is 4.98 Å². The van der Waals surface area contributed by atoms with Crippen molar-refractivity contribution < 1.29 is 18.3 Å². The lowest BCUT2D eigenvalue weighted by atomic mass is 10.0. The van der Waals surface area contributed by atoms with Gasteiger partial charge in [0.25, 0.3) is 0 Å². The summed E-state index contributed by atoms with van der Waals surface area (Å²) in [5.41, 5.74) is 4.14. The number of benzene rings is 1. The molecular weight excluding hydrogens is 452 g/mol. The van der Waals surface area contributed by atoms with Crippen LogP contribution in [0, 0.1) is 13.8 Å². The topological polar surface area (TPSA) is 72.4 Å². The second-order valence-corrected chi connectivity index (χ2v) is 9.95. The number of fused-ring (bicyclic) bond motifs is 3. The average Bonchev–Trinajstić information content (AvgIpc) is 3.38. The molecular formula is C26H29F2N5O2. The third-order valence-corrected chi connectivity index (χ3v) is 7.21. The van der Waals surface area contributed by atoms with Crippen molar-refractivity contribution in [3.63, 3.8) is 0 Å². The van der Waals surface area contributed by atoms with Crippen molar-refractivity contribution >= 4 is 22.4 Å². The summed E-state index contributed by atoms with van der Waals surface area (Å²) in [5, 5.41) is 13.0. The zero-order valence-corrected chi connectivity index (χ0v) is 20.1. The number of rotatable bonds is 7. The largest absolute Gasteiger partial charge is 0.383 e. The lowest BCUT2D eigenvalue weighted by Crippen LogP contribution is -2.37. The Balaban J connectivity index is 1.31. The number of nitrogens with one attached hydrogen (secondary N) is 1. The molecule has 0 amide bonds. The van der Waals surface area contributed by atoms with Crippen molar-refractivity contribution in [2.24, 2.45) is 0 Å². The summed E-state index contributed by atoms with van der Waals surface area (Å²) in [6, 6.07) is 8.58. The number of alkyl halides is 2. The van der Waals surface area contributed by atoms with E-state index in [1.54, 1.807) is 6.07 Å². The summed E-state index contributed by atoms with van der Waals surface area (Å²) in [5.74, 6) is 0.582. The predicted molar refractivity (Wildman–Crippen MR) is 129 cm³/mol. The zero-order valence-electron chi connectivity index (χ0n) is 20.1. The van der Waals surface area contributed by atoms with Gasteiger partial charge >= 0.3 is 6.11 Å². The highest BCUT2D eigenvalue weighted by Gasteiger charge is 2.41. The molecule has 7 nitrogen and oxygen atoms in total. The fourth-order valence-electron chi connectivity index (χ4n) is 5.11. The number of hydrogen-bond acceptors (Lipinski definition) is 7. The van der Waals surface area contributed by atoms with Crippen LogP contribution in [0.4, 0.5) is 20.3 Å². The Morgan fingerprint density at radius 3 is 2.71 bits per heavy atom. The van der Waals surface area contributed by atoms with Gasteiger partial charge in [0, 0.05) is 11.9 Å². The summed E-state index contributed by atoms with van der Waals surface area (Å²) in [6.45, 7) is 7.44. The van der Waals surface area contributed by atoms with Crippen LogP contribution in [0.2, 0.25) is 0 Å². The van der Waals surface area contributed by atoms with Gasteiger partial charge in [-0.05, 0) is 57.7 Å². The second kappa shape index (κ2) is 8.34. The van der Waals surface area contributed by atoms with Crippen LogP contribution in [0.1, 0.15) is 54.7 Å². The molecule has 3 aliphatic rings. The second-order valence-electron chi connectivity index (χ2n) is 9.95. The van der Waals surface area contributed by atoms with Crippen molar-refractivity contribution in [3.8, 4) is 0 Å². The molecule has 1 saturated carbocycles. The van der Waals surface area contributed by atoms with Crippen molar-refractivity contribution in [2.75, 3.05) is 23.4 Å². The fourth-order valence-corrected chi connectivity index (χ4v) is 5.11. The lowest BCUT2D eigenvalue weighted by molar-refractivity contribution is -0.255. The molecule has 4 heterocycles. The molecule has 3 aromatic rings. The maximum absolute atomic E-state index is 14.6. The molecule has 9 heteroatoms. The summed E-state index contributed by atoms with van der Waals surface area (Å²) >= 11 is 0. The van der Waals surface area contributed by atoms with Crippen molar-refractivity contribution in [1.29, 1.82) is 0 Å². The number of morpholine rings is 1. The minimum absolute atomic E-state index is 0.138. The molecule has 0 spiro atoms. The SMILES string of the molecule is Cc1nc2c(C)nnc(N[C@H](C)c3cccc(C(F)(F)OC4CC4)c3)c2cc1N1CC2CC1CO2. The number of halogens is 2. The van der Waals surface area contributed by atoms with E-state index >= 15 is 0 Å². The van der Waals surface area contributed by atoms with Gasteiger partial charge in [0.2, 0.25) is 0 Å². The Morgan fingerprint density at radius 2 is 2.00 bits per heavy atom. The molecule has 35 heavy (non-hydrogen) atoms. The first-order chi connectivity index (χ1) is 16.8. The molecule has 2 aliphatic heterocycles. The normalized spacial score (nSPS) is 22.7. The molecule has 2 unspecified atom stereocenters. The highest BCUT2D eigenvalue weighted by Crippen LogP contribution is 2.39. The third kappa shape index (κ3) is 4.21. The van der Waals surface area contributed by atoms with Crippen LogP contribution in [-0.2, 0) is 15.6 Å². The molecule has 2 bridgehead atoms. The van der Waals surface area contributed by atoms with Gasteiger partial charge in [-0.15, -0.1) is 5.10 Å². The highest BCUT2D eigenvalue weighted by molar-refractivity contribution is 5.93. The van der Waals surface area contributed by atoms with Gasteiger partial charge in [-0.1, -0.05) is 18.2 Å². The highest BCUT2D eigenvalue weighted by atomic mass is 19.3. The number of nitrogens with zero attached hydrogens (tertiary/aromatic N) is 4. The Kier molecular flexibility index (Phi) is 5.37. The molecule has 2 aromatic heterocycles. The summed E-state index contributed by atoms with van der Waals surface area (Å²) in [7, 11) is 0. The molecule has 6 rings (SSSR count). The van der Waals surface area contributed by atoms with E-state index in [1.165, 1.54) is 12.1 Å². The first-order valence-corrected chi connectivity index (χ1v) is 12.2. The van der Waals surface area contributed by atoms with E-state index in [0.717, 1.165) is 47.6 Å². The van der Waals surface area contributed by atoms with E-state index in [0.29, 0.717) is 30.3 Å². The van der Waals surface area contributed by atoms with Crippen LogP contribution in [0.15, 0.2) is 30.3 Å². The van der Waals surface area contributed by atoms with Gasteiger partial charge in [0.15, 0.2) is 5.82 Å². The monoisotopic (exact) mass is 481 g/mol. The molecule has 0 radical (unpaired) electrons. The van der Waals surface area contributed by atoms with Crippen molar-refractivity contribution in [3.05, 3.63) is 52.8 Å². The smallest absolute Gasteiger partial charge is 0.374 e. The molecule has 184 valence electrons. The molecule has 1 N–H and O–H groups in total. The number of aromatic nitrogens is 3. The summed E-state index contributed by atoms with van der Waals surface area (Å²) < 4.78 is 39.9. The number of hydrogen-bond donors (Lipinski definition) is 1. The molecule has 1 aromatic carbocycles. The first kappa shape index (κ1) is 22.5. The first-order valence-electron chi connectivity index (χ1n) is 12.2. The van der Waals surface area contributed by atoms with Crippen molar-refractivity contribution in [1.82, 2.24) is 15.2 Å². The maximum atomic E-state index is 14.6. The summed E-state index contributed by atoms with van der Waals surface area (Å²) in [6.07, 6.45) is -0.955. The third-order valence-electron chi connectivity index (χ3n) is 7.21. The number of aryl methyl sites for hydroxylation is 2. The van der Waals surface area contributed by atoms with E-state index < -0.39 is 6.11 Å². The standard InChI is InChI=1S/C26H29F2N5O2/c1-14(17-5-4-6-18(9-17)26(27,28)35-20-7-8-20)30-25-22-11-23(33-12-21-10-19(33)13-34-21)15(2)29-24(22)16(3)31-32-25/h4-6,9,11,14,19-21H,7-8,10,12-13H2,1-3H3,(H,30,32)/t14-,19?,21?/m1/s1. The molecule has 3 atom stereocenters. The molecule has 1 aliphatic carbocycles. The van der Waals surface area contributed by atoms with Crippen LogP contribution < -0.4 is 10.2 Å². The van der Waals surface area contributed by atoms with E-state index in [9.17, 15) is 8.78 Å². The fraction of sp³-hybridized carbons (Fsp3) is 0.500. The van der Waals surface area contributed by atoms with Crippen LogP contribution in [-0.4, -0.2) is 46.6 Å². The van der Waals surface area contributed by atoms with E-state index in [-0.39, 0.29) is 23.8 Å². The van der Waals surface area contributed by atoms with Crippen LogP contribution in [0.25, 0.3) is 10.9 Å². The Labute approximate surface area is 202 Å². The van der Waals surface area contributed by atoms with E-state index in [2.05, 4.69) is 26.5 Å². The van der Waals surface area contributed by atoms with E-state index in [4.69, 9.17) is 14.5 Å². The van der Waals surface area contributed by atoms with Gasteiger partial charge in [-0.3, -0.25) is 0 Å². The lowest BCUT2D eigenvalue weighted by Gasteiger charge is -2.30. The Morgan fingerprint density at radius 1 is 1.17 bits per heavy atom. The van der Waals surface area contributed by atoms with Crippen molar-refractivity contribution in [2.45, 2.75) is 70.4 Å². The Bertz CT molecular complexity index is 1280. The number of pyridine rings is 1. The van der Waals surface area contributed by atoms with Crippen LogP contribution in [0.5, 0.6) is 0 Å². The van der Waals surface area contributed by atoms with Crippen LogP contribution >= 0.6 is 0 Å². The molecule has 3 fully saturated rings. The molecule has 2 saturated heterocycles. The van der Waals surface area contributed by atoms with Gasteiger partial charge in [0.1, 0.15) is 0 Å². The minimum atomic E-state index is -3.30. The van der Waals surface area contributed by atoms with Gasteiger partial charge < -0.3 is 19.7 Å². The number of ether oxygens (including phenoxy) is 2.